The molecule has 0 aliphatic rings. The highest BCUT2D eigenvalue weighted by molar-refractivity contribution is 6.30. The molecule has 1 aromatic heterocycles. The van der Waals surface area contributed by atoms with Gasteiger partial charge >= 0.3 is 0 Å². The molecule has 3 aromatic rings. The van der Waals surface area contributed by atoms with Crippen molar-refractivity contribution in [1.82, 2.24) is 9.97 Å². The molecule has 0 radical (unpaired) electrons. The topological polar surface area (TPSA) is 78.0 Å². The van der Waals surface area contributed by atoms with Gasteiger partial charge in [-0.3, -0.25) is 9.78 Å². The second kappa shape index (κ2) is 6.17. The molecule has 3 rings (SSSR count). The van der Waals surface area contributed by atoms with E-state index in [0.717, 1.165) is 16.3 Å². The number of halogens is 1. The molecule has 6 heteroatoms. The summed E-state index contributed by atoms with van der Waals surface area (Å²) >= 11 is 5.62. The van der Waals surface area contributed by atoms with E-state index in [0.29, 0.717) is 0 Å². The van der Waals surface area contributed by atoms with E-state index in [1.807, 2.05) is 42.5 Å². The van der Waals surface area contributed by atoms with Gasteiger partial charge in [-0.05, 0) is 16.3 Å². The number of nitrogens with zero attached hydrogens (tertiary/aromatic N) is 1. The fraction of sp³-hybridized carbons (Fsp3) is 0.125. The third-order valence-electron chi connectivity index (χ3n) is 3.40. The fourth-order valence-electron chi connectivity index (χ4n) is 2.31. The second-order valence-electron chi connectivity index (χ2n) is 4.87. The van der Waals surface area contributed by atoms with Gasteiger partial charge in [-0.2, -0.15) is 0 Å². The summed E-state index contributed by atoms with van der Waals surface area (Å²) in [4.78, 5) is 17.9. The smallest absolute Gasteiger partial charge is 0.271 e. The van der Waals surface area contributed by atoms with E-state index >= 15 is 0 Å². The Bertz CT molecular complexity index is 858. The molecule has 1 atom stereocenters. The molecule has 112 valence electrons. The van der Waals surface area contributed by atoms with Crippen LogP contribution in [-0.4, -0.2) is 21.6 Å². The van der Waals surface area contributed by atoms with Crippen molar-refractivity contribution in [3.63, 3.8) is 0 Å². The Kier molecular flexibility index (Phi) is 4.09. The lowest BCUT2D eigenvalue weighted by atomic mass is 10.0. The van der Waals surface area contributed by atoms with Crippen molar-refractivity contribution in [2.75, 3.05) is 11.9 Å². The molecule has 0 saturated carbocycles. The average Bonchev–Trinajstić information content (AvgIpc) is 2.55. The summed E-state index contributed by atoms with van der Waals surface area (Å²) < 4.78 is 0. The Morgan fingerprint density at radius 1 is 1.23 bits per heavy atom. The van der Waals surface area contributed by atoms with Gasteiger partial charge in [0.2, 0.25) is 5.95 Å². The lowest BCUT2D eigenvalue weighted by molar-refractivity contribution is 0.193. The van der Waals surface area contributed by atoms with Gasteiger partial charge in [0.15, 0.2) is 0 Å². The molecule has 0 bridgehead atoms. The van der Waals surface area contributed by atoms with Gasteiger partial charge in [-0.25, -0.2) is 4.98 Å². The number of aliphatic hydroxyl groups is 1. The molecule has 3 N–H and O–H groups in total. The minimum Gasteiger partial charge on any atom is -0.387 e. The Labute approximate surface area is 131 Å². The minimum absolute atomic E-state index is 0.0279. The number of hydrogen-bond donors (Lipinski definition) is 3. The first kappa shape index (κ1) is 14.6. The quantitative estimate of drug-likeness (QED) is 0.692. The molecule has 0 spiro atoms. The van der Waals surface area contributed by atoms with Gasteiger partial charge in [-0.1, -0.05) is 54.1 Å². The zero-order valence-electron chi connectivity index (χ0n) is 11.6. The van der Waals surface area contributed by atoms with Crippen molar-refractivity contribution in [1.29, 1.82) is 0 Å². The van der Waals surface area contributed by atoms with Crippen molar-refractivity contribution in [3.8, 4) is 0 Å². The number of H-pyrrole nitrogens is 1. The minimum atomic E-state index is -0.730. The molecule has 0 fully saturated rings. The first-order chi connectivity index (χ1) is 10.6. The molecule has 0 amide bonds. The molecule has 2 aromatic carbocycles. The molecular weight excluding hydrogens is 302 g/mol. The van der Waals surface area contributed by atoms with Gasteiger partial charge in [0.25, 0.3) is 5.56 Å². The van der Waals surface area contributed by atoms with Gasteiger partial charge < -0.3 is 10.4 Å². The molecular formula is C16H14ClN3O2. The van der Waals surface area contributed by atoms with Gasteiger partial charge in [-0.15, -0.1) is 0 Å². The predicted molar refractivity (Wildman–Crippen MR) is 87.3 cm³/mol. The van der Waals surface area contributed by atoms with E-state index < -0.39 is 11.7 Å². The zero-order valence-corrected chi connectivity index (χ0v) is 12.3. The first-order valence-corrected chi connectivity index (χ1v) is 7.17. The molecule has 5 nitrogen and oxygen atoms in total. The Balaban J connectivity index is 1.80. The maximum atomic E-state index is 11.4. The number of aromatic amines is 1. The number of rotatable bonds is 4. The number of benzene rings is 2. The van der Waals surface area contributed by atoms with E-state index in [1.165, 1.54) is 6.20 Å². The maximum Gasteiger partial charge on any atom is 0.271 e. The van der Waals surface area contributed by atoms with E-state index in [2.05, 4.69) is 15.3 Å². The normalized spacial score (nSPS) is 12.3. The summed E-state index contributed by atoms with van der Waals surface area (Å²) in [7, 11) is 0. The number of hydrogen-bond acceptors (Lipinski definition) is 4. The van der Waals surface area contributed by atoms with E-state index in [1.54, 1.807) is 0 Å². The van der Waals surface area contributed by atoms with Crippen LogP contribution in [0.5, 0.6) is 0 Å². The summed E-state index contributed by atoms with van der Waals surface area (Å²) in [6.45, 7) is 0.221. The van der Waals surface area contributed by atoms with Crippen LogP contribution < -0.4 is 10.9 Å². The highest BCUT2D eigenvalue weighted by Crippen LogP contribution is 2.24. The van der Waals surface area contributed by atoms with Crippen LogP contribution >= 0.6 is 11.6 Å². The Morgan fingerprint density at radius 3 is 2.82 bits per heavy atom. The van der Waals surface area contributed by atoms with Crippen molar-refractivity contribution < 1.29 is 5.11 Å². The maximum absolute atomic E-state index is 11.4. The predicted octanol–water partition coefficient (Wildman–Crippen LogP) is 2.72. The zero-order chi connectivity index (χ0) is 15.5. The van der Waals surface area contributed by atoms with E-state index in [9.17, 15) is 9.90 Å². The first-order valence-electron chi connectivity index (χ1n) is 6.79. The largest absolute Gasteiger partial charge is 0.387 e. The van der Waals surface area contributed by atoms with Crippen molar-refractivity contribution in [2.24, 2.45) is 0 Å². The SMILES string of the molecule is O=c1[nH]c(NCC(O)c2cccc3ccccc23)ncc1Cl. The summed E-state index contributed by atoms with van der Waals surface area (Å²) in [6.07, 6.45) is 0.541. The lowest BCUT2D eigenvalue weighted by Crippen LogP contribution is -2.17. The van der Waals surface area contributed by atoms with E-state index in [4.69, 9.17) is 11.6 Å². The third kappa shape index (κ3) is 2.95. The molecule has 0 aliphatic heterocycles. The van der Waals surface area contributed by atoms with Crippen LogP contribution in [0.25, 0.3) is 10.8 Å². The molecule has 0 saturated heterocycles. The van der Waals surface area contributed by atoms with Crippen LogP contribution in [0.2, 0.25) is 5.02 Å². The summed E-state index contributed by atoms with van der Waals surface area (Å²) in [6, 6.07) is 13.6. The number of nitrogens with one attached hydrogen (secondary N) is 2. The molecule has 1 heterocycles. The van der Waals surface area contributed by atoms with Crippen molar-refractivity contribution in [2.45, 2.75) is 6.10 Å². The van der Waals surface area contributed by atoms with Crippen LogP contribution in [0.15, 0.2) is 53.5 Å². The highest BCUT2D eigenvalue weighted by Gasteiger charge is 2.11. The summed E-state index contributed by atoms with van der Waals surface area (Å²) in [5.74, 6) is 0.272. The average molecular weight is 316 g/mol. The van der Waals surface area contributed by atoms with Crippen LogP contribution in [0.3, 0.4) is 0 Å². The Hall–Kier alpha value is -2.37. The number of fused-ring (bicyclic) bond motifs is 1. The third-order valence-corrected chi connectivity index (χ3v) is 3.67. The van der Waals surface area contributed by atoms with Gasteiger partial charge in [0.05, 0.1) is 12.3 Å². The number of anilines is 1. The van der Waals surface area contributed by atoms with Crippen LogP contribution in [0.4, 0.5) is 5.95 Å². The molecule has 22 heavy (non-hydrogen) atoms. The van der Waals surface area contributed by atoms with Gasteiger partial charge in [0.1, 0.15) is 5.02 Å². The van der Waals surface area contributed by atoms with Crippen molar-refractivity contribution in [3.05, 3.63) is 69.6 Å². The second-order valence-corrected chi connectivity index (χ2v) is 5.28. The van der Waals surface area contributed by atoms with Crippen LogP contribution in [0, 0.1) is 0 Å². The van der Waals surface area contributed by atoms with Crippen LogP contribution in [0.1, 0.15) is 11.7 Å². The lowest BCUT2D eigenvalue weighted by Gasteiger charge is -2.14. The monoisotopic (exact) mass is 315 g/mol. The van der Waals surface area contributed by atoms with Crippen LogP contribution in [-0.2, 0) is 0 Å². The number of aromatic nitrogens is 2. The molecule has 0 aliphatic carbocycles. The fourth-order valence-corrected chi connectivity index (χ4v) is 2.41. The van der Waals surface area contributed by atoms with Crippen molar-refractivity contribution >= 4 is 28.3 Å². The van der Waals surface area contributed by atoms with E-state index in [-0.39, 0.29) is 17.5 Å². The standard InChI is InChI=1S/C16H14ClN3O2/c17-13-8-18-16(20-15(13)22)19-9-14(21)12-7-3-5-10-4-1-2-6-11(10)12/h1-8,14,21H,9H2,(H2,18,19,20,22). The highest BCUT2D eigenvalue weighted by atomic mass is 35.5. The summed E-state index contributed by atoms with van der Waals surface area (Å²) in [5, 5.41) is 15.4. The Morgan fingerprint density at radius 2 is 2.00 bits per heavy atom. The molecule has 1 unspecified atom stereocenters. The number of aliphatic hydroxyl groups excluding tert-OH is 1. The summed E-state index contributed by atoms with van der Waals surface area (Å²) in [5.41, 5.74) is 0.403. The van der Waals surface area contributed by atoms with Gasteiger partial charge in [0, 0.05) is 6.54 Å².